The smallest absolute Gasteiger partial charge is 0.384 e. The van der Waals surface area contributed by atoms with E-state index in [1.165, 1.54) is 6.92 Å². The quantitative estimate of drug-likeness (QED) is 0.496. The number of hydrogen-bond acceptors (Lipinski definition) is 5. The molecule has 188 valence electrons. The molecule has 3 amide bonds. The molecular weight excluding hydrogens is 439 g/mol. The number of aldehydes is 1. The van der Waals surface area contributed by atoms with Gasteiger partial charge in [0, 0.05) is 19.3 Å². The molecule has 1 heterocycles. The number of nitrogens with one attached hydrogen (secondary N) is 3. The van der Waals surface area contributed by atoms with Crippen LogP contribution in [0.2, 0.25) is 0 Å². The number of nitrogens with two attached hydrogens (primary N) is 1. The molecule has 3 rings (SSSR count). The topological polar surface area (TPSA) is 126 Å². The van der Waals surface area contributed by atoms with E-state index in [-0.39, 0.29) is 12.4 Å². The second kappa shape index (κ2) is 16.7. The van der Waals surface area contributed by atoms with E-state index in [4.69, 9.17) is 10.5 Å². The Morgan fingerprint density at radius 1 is 1.18 bits per heavy atom. The van der Waals surface area contributed by atoms with Crippen molar-refractivity contribution < 1.29 is 27.6 Å². The van der Waals surface area contributed by atoms with E-state index in [9.17, 15) is 22.8 Å². The maximum Gasteiger partial charge on any atom is 0.408 e. The van der Waals surface area contributed by atoms with E-state index in [0.717, 1.165) is 44.0 Å². The number of hydrogen-bond donors (Lipinski definition) is 4. The summed E-state index contributed by atoms with van der Waals surface area (Å²) >= 11 is 0. The molecule has 0 saturated heterocycles. The fourth-order valence-corrected chi connectivity index (χ4v) is 3.08. The van der Waals surface area contributed by atoms with Crippen LogP contribution in [0.5, 0.6) is 0 Å². The molecule has 0 radical (unpaired) electrons. The van der Waals surface area contributed by atoms with Crippen LogP contribution in [0.3, 0.4) is 0 Å². The third kappa shape index (κ3) is 15.6. The number of aryl methyl sites for hydroxylation is 1. The lowest BCUT2D eigenvalue weighted by Gasteiger charge is -2.31. The van der Waals surface area contributed by atoms with E-state index in [1.807, 2.05) is 24.4 Å². The summed E-state index contributed by atoms with van der Waals surface area (Å²) in [5.41, 5.74) is 6.50. The number of aromatic nitrogens is 1. The molecule has 2 aliphatic carbocycles. The van der Waals surface area contributed by atoms with Crippen LogP contribution in [0, 0.1) is 12.8 Å². The van der Waals surface area contributed by atoms with Crippen LogP contribution in [0.1, 0.15) is 57.4 Å². The molecule has 33 heavy (non-hydrogen) atoms. The van der Waals surface area contributed by atoms with Gasteiger partial charge in [0.15, 0.2) is 0 Å². The molecule has 1 aromatic rings. The average Bonchev–Trinajstić information content (AvgIpc) is 3.57. The van der Waals surface area contributed by atoms with Crippen molar-refractivity contribution in [2.24, 2.45) is 5.92 Å². The van der Waals surface area contributed by atoms with E-state index >= 15 is 0 Å². The van der Waals surface area contributed by atoms with Crippen molar-refractivity contribution in [3.63, 3.8) is 0 Å². The van der Waals surface area contributed by atoms with Crippen LogP contribution >= 0.6 is 0 Å². The molecule has 2 fully saturated rings. The van der Waals surface area contributed by atoms with Crippen LogP contribution in [-0.4, -0.2) is 49.0 Å². The Balaban J connectivity index is 0.000000462. The Bertz CT molecular complexity index is 677. The van der Waals surface area contributed by atoms with Crippen LogP contribution in [0.15, 0.2) is 18.3 Å². The lowest BCUT2D eigenvalue weighted by atomic mass is 9.83. The highest BCUT2D eigenvalue weighted by Gasteiger charge is 2.44. The van der Waals surface area contributed by atoms with Gasteiger partial charge in [-0.2, -0.15) is 13.2 Å². The number of rotatable bonds is 4. The minimum Gasteiger partial charge on any atom is -0.384 e. The predicted molar refractivity (Wildman–Crippen MR) is 121 cm³/mol. The number of nitrogens with zero attached hydrogens (tertiary/aromatic N) is 1. The summed E-state index contributed by atoms with van der Waals surface area (Å²) in [6, 6.07) is 2.50. The van der Waals surface area contributed by atoms with E-state index in [0.29, 0.717) is 24.7 Å². The van der Waals surface area contributed by atoms with E-state index in [2.05, 4.69) is 15.6 Å². The van der Waals surface area contributed by atoms with Crippen molar-refractivity contribution in [2.45, 2.75) is 77.1 Å². The number of amides is 3. The summed E-state index contributed by atoms with van der Waals surface area (Å²) in [6.45, 7) is 3.43. The minimum atomic E-state index is -4.32. The Kier molecular flexibility index (Phi) is 15.3. The third-order valence-electron chi connectivity index (χ3n) is 4.80. The predicted octanol–water partition coefficient (Wildman–Crippen LogP) is 3.50. The molecule has 8 nitrogen and oxygen atoms in total. The molecule has 0 spiro atoms. The maximum absolute atomic E-state index is 12.5. The number of pyridine rings is 1. The van der Waals surface area contributed by atoms with Crippen molar-refractivity contribution in [1.29, 1.82) is 0 Å². The number of carbonyl (C=O) groups excluding carboxylic acids is 3. The zero-order valence-corrected chi connectivity index (χ0v) is 19.5. The average molecular weight is 476 g/mol. The summed E-state index contributed by atoms with van der Waals surface area (Å²) in [5.74, 6) is 0.152. The standard InChI is InChI=1S/C9H14F3NO.C6H8N2.C5H10N2O.C2H4O/c10-9(11,12)8(13-6-14)7-4-2-1-3-5-7;1-5-2-3-8-6(7)4-5;1-6-5(8)7-4-2-3-4;1-2-3/h6-8H,1-5H2,(H,13,14);2-4H,1H3,(H2,7,8);4H,2-3H2,1H3,(H2,6,7,8);2H,1H3. The van der Waals surface area contributed by atoms with E-state index < -0.39 is 18.1 Å². The highest BCUT2D eigenvalue weighted by atomic mass is 19.4. The molecular formula is C22H36F3N5O3. The second-order valence-electron chi connectivity index (χ2n) is 7.69. The third-order valence-corrected chi connectivity index (χ3v) is 4.80. The maximum atomic E-state index is 12.5. The molecule has 0 aromatic carbocycles. The van der Waals surface area contributed by atoms with Crippen LogP contribution in [0.4, 0.5) is 23.8 Å². The first-order valence-electron chi connectivity index (χ1n) is 10.9. The van der Waals surface area contributed by atoms with Crippen LogP contribution in [0.25, 0.3) is 0 Å². The van der Waals surface area contributed by atoms with Gasteiger partial charge in [-0.15, -0.1) is 0 Å². The minimum absolute atomic E-state index is 0.0625. The van der Waals surface area contributed by atoms with Gasteiger partial charge in [-0.1, -0.05) is 19.3 Å². The summed E-state index contributed by atoms with van der Waals surface area (Å²) in [6.07, 6.45) is 4.36. The number of carbonyl (C=O) groups is 3. The molecule has 11 heteroatoms. The summed E-state index contributed by atoms with van der Waals surface area (Å²) in [5, 5.41) is 7.13. The fraction of sp³-hybridized carbons (Fsp3) is 0.636. The Labute approximate surface area is 193 Å². The number of alkyl halides is 3. The van der Waals surface area contributed by atoms with Crippen LogP contribution in [-0.2, 0) is 9.59 Å². The first kappa shape index (κ1) is 30.1. The van der Waals surface area contributed by atoms with Crippen molar-refractivity contribution in [3.8, 4) is 0 Å². The van der Waals surface area contributed by atoms with Gasteiger partial charge in [-0.05, 0) is 63.1 Å². The molecule has 1 unspecified atom stereocenters. The summed E-state index contributed by atoms with van der Waals surface area (Å²) < 4.78 is 37.4. The summed E-state index contributed by atoms with van der Waals surface area (Å²) in [7, 11) is 1.62. The molecule has 5 N–H and O–H groups in total. The zero-order chi connectivity index (χ0) is 25.3. The van der Waals surface area contributed by atoms with Crippen molar-refractivity contribution in [2.75, 3.05) is 12.8 Å². The lowest BCUT2D eigenvalue weighted by Crippen LogP contribution is -2.47. The second-order valence-corrected chi connectivity index (χ2v) is 7.69. The van der Waals surface area contributed by atoms with Gasteiger partial charge in [-0.3, -0.25) is 4.79 Å². The highest BCUT2D eigenvalue weighted by Crippen LogP contribution is 2.34. The fourth-order valence-electron chi connectivity index (χ4n) is 3.08. The molecule has 2 aliphatic rings. The Hall–Kier alpha value is -2.85. The molecule has 1 atom stereocenters. The van der Waals surface area contributed by atoms with E-state index in [1.54, 1.807) is 13.2 Å². The molecule has 0 bridgehead atoms. The van der Waals surface area contributed by atoms with Crippen molar-refractivity contribution in [3.05, 3.63) is 23.9 Å². The van der Waals surface area contributed by atoms with Gasteiger partial charge in [0.25, 0.3) is 0 Å². The van der Waals surface area contributed by atoms with Crippen LogP contribution < -0.4 is 21.7 Å². The lowest BCUT2D eigenvalue weighted by molar-refractivity contribution is -0.171. The number of urea groups is 1. The van der Waals surface area contributed by atoms with Gasteiger partial charge in [0.05, 0.1) is 0 Å². The van der Waals surface area contributed by atoms with Gasteiger partial charge in [-0.25, -0.2) is 9.78 Å². The number of nitrogen functional groups attached to an aromatic ring is 1. The number of halogens is 3. The zero-order valence-electron chi connectivity index (χ0n) is 19.5. The Morgan fingerprint density at radius 3 is 2.12 bits per heavy atom. The monoisotopic (exact) mass is 475 g/mol. The van der Waals surface area contributed by atoms with Gasteiger partial charge < -0.3 is 26.5 Å². The SMILES string of the molecule is CC=O.CNC(=O)NC1CC1.Cc1ccnc(N)c1.O=CNC(C1CCCCC1)C(F)(F)F. The van der Waals surface area contributed by atoms with Crippen molar-refractivity contribution >= 4 is 24.5 Å². The van der Waals surface area contributed by atoms with Gasteiger partial charge in [0.2, 0.25) is 6.41 Å². The molecule has 0 aliphatic heterocycles. The normalized spacial score (nSPS) is 16.1. The van der Waals surface area contributed by atoms with Gasteiger partial charge >= 0.3 is 12.2 Å². The van der Waals surface area contributed by atoms with Gasteiger partial charge in [0.1, 0.15) is 18.1 Å². The first-order chi connectivity index (χ1) is 15.6. The largest absolute Gasteiger partial charge is 0.408 e. The van der Waals surface area contributed by atoms with Crippen molar-refractivity contribution in [1.82, 2.24) is 20.9 Å². The number of anilines is 1. The highest BCUT2D eigenvalue weighted by molar-refractivity contribution is 5.74. The summed E-state index contributed by atoms with van der Waals surface area (Å²) in [4.78, 5) is 33.2. The Morgan fingerprint density at radius 2 is 1.76 bits per heavy atom. The molecule has 2 saturated carbocycles. The molecule has 1 aromatic heterocycles. The first-order valence-corrected chi connectivity index (χ1v) is 10.9.